The number of aldehydes is 1. The maximum Gasteiger partial charge on any atom is 0.188 e. The summed E-state index contributed by atoms with van der Waals surface area (Å²) in [5.41, 5.74) is 1.44. The van der Waals surface area contributed by atoms with E-state index in [0.717, 1.165) is 11.8 Å². The second kappa shape index (κ2) is 5.36. The van der Waals surface area contributed by atoms with Gasteiger partial charge in [0.25, 0.3) is 0 Å². The fourth-order valence-electron chi connectivity index (χ4n) is 1.20. The van der Waals surface area contributed by atoms with Crippen LogP contribution in [0.3, 0.4) is 0 Å². The van der Waals surface area contributed by atoms with Gasteiger partial charge in [-0.2, -0.15) is 0 Å². The highest BCUT2D eigenvalue weighted by atomic mass is 16.7. The van der Waals surface area contributed by atoms with Gasteiger partial charge < -0.3 is 14.2 Å². The summed E-state index contributed by atoms with van der Waals surface area (Å²) in [5.74, 6) is 1.10. The van der Waals surface area contributed by atoms with Gasteiger partial charge in [-0.15, -0.1) is 0 Å². The minimum absolute atomic E-state index is 0.123. The number of carbonyl (C=O) groups is 1. The number of hydrogen-bond donors (Lipinski definition) is 0. The first-order valence-electron chi connectivity index (χ1n) is 4.48. The lowest BCUT2D eigenvalue weighted by Crippen LogP contribution is -2.02. The molecule has 0 N–H and O–H groups in total. The molecule has 0 aliphatic rings. The van der Waals surface area contributed by atoms with Crippen molar-refractivity contribution in [3.8, 4) is 11.5 Å². The molecule has 0 unspecified atom stereocenters. The molecule has 82 valence electrons. The Labute approximate surface area is 88.8 Å². The van der Waals surface area contributed by atoms with E-state index < -0.39 is 0 Å². The molecule has 0 amide bonds. The van der Waals surface area contributed by atoms with Crippen molar-refractivity contribution in [3.63, 3.8) is 0 Å². The van der Waals surface area contributed by atoms with Gasteiger partial charge in [0.2, 0.25) is 0 Å². The van der Waals surface area contributed by atoms with E-state index in [-0.39, 0.29) is 6.79 Å². The van der Waals surface area contributed by atoms with Crippen LogP contribution in [-0.4, -0.2) is 27.3 Å². The van der Waals surface area contributed by atoms with Gasteiger partial charge in [0, 0.05) is 12.7 Å². The molecule has 0 spiro atoms. The third-order valence-electron chi connectivity index (χ3n) is 2.01. The van der Waals surface area contributed by atoms with E-state index in [9.17, 15) is 4.79 Å². The molecule has 0 aromatic heterocycles. The molecule has 1 rings (SSSR count). The summed E-state index contributed by atoms with van der Waals surface area (Å²) >= 11 is 0. The normalized spacial score (nSPS) is 9.80. The lowest BCUT2D eigenvalue weighted by Gasteiger charge is -2.11. The topological polar surface area (TPSA) is 44.8 Å². The van der Waals surface area contributed by atoms with Gasteiger partial charge in [0.15, 0.2) is 18.3 Å². The van der Waals surface area contributed by atoms with Gasteiger partial charge >= 0.3 is 0 Å². The van der Waals surface area contributed by atoms with E-state index in [4.69, 9.17) is 14.2 Å². The van der Waals surface area contributed by atoms with Gasteiger partial charge in [0.1, 0.15) is 6.29 Å². The van der Waals surface area contributed by atoms with Crippen molar-refractivity contribution in [1.82, 2.24) is 0 Å². The van der Waals surface area contributed by atoms with Crippen LogP contribution in [0.1, 0.15) is 15.9 Å². The lowest BCUT2D eigenvalue weighted by atomic mass is 10.1. The molecule has 0 fully saturated rings. The number of aryl methyl sites for hydroxylation is 1. The maximum atomic E-state index is 10.7. The molecule has 0 atom stereocenters. The molecule has 1 aromatic rings. The Kier molecular flexibility index (Phi) is 4.12. The molecular weight excluding hydrogens is 196 g/mol. The van der Waals surface area contributed by atoms with E-state index in [1.165, 1.54) is 7.11 Å². The van der Waals surface area contributed by atoms with E-state index in [1.807, 2.05) is 6.92 Å². The zero-order chi connectivity index (χ0) is 11.3. The predicted molar refractivity (Wildman–Crippen MR) is 55.6 cm³/mol. The highest BCUT2D eigenvalue weighted by Gasteiger charge is 2.08. The van der Waals surface area contributed by atoms with E-state index >= 15 is 0 Å². The molecule has 1 aromatic carbocycles. The monoisotopic (exact) mass is 210 g/mol. The minimum atomic E-state index is 0.123. The van der Waals surface area contributed by atoms with Gasteiger partial charge in [-0.1, -0.05) is 0 Å². The summed E-state index contributed by atoms with van der Waals surface area (Å²) in [6, 6.07) is 3.40. The first-order valence-corrected chi connectivity index (χ1v) is 4.48. The zero-order valence-corrected chi connectivity index (χ0v) is 9.07. The standard InChI is InChI=1S/C11H14O4/c1-8-4-10(14-3)11(15-7-13-2)5-9(8)6-12/h4-6H,7H2,1-3H3. The van der Waals surface area contributed by atoms with Crippen molar-refractivity contribution in [2.24, 2.45) is 0 Å². The highest BCUT2D eigenvalue weighted by molar-refractivity contribution is 5.79. The number of methoxy groups -OCH3 is 2. The summed E-state index contributed by atoms with van der Waals surface area (Å²) < 4.78 is 15.2. The van der Waals surface area contributed by atoms with Crippen LogP contribution in [-0.2, 0) is 4.74 Å². The van der Waals surface area contributed by atoms with Crippen molar-refractivity contribution in [2.75, 3.05) is 21.0 Å². The second-order valence-corrected chi connectivity index (χ2v) is 3.03. The van der Waals surface area contributed by atoms with Crippen molar-refractivity contribution >= 4 is 6.29 Å². The molecule has 0 saturated heterocycles. The van der Waals surface area contributed by atoms with Crippen LogP contribution in [0.4, 0.5) is 0 Å². The second-order valence-electron chi connectivity index (χ2n) is 3.03. The summed E-state index contributed by atoms with van der Waals surface area (Å²) in [7, 11) is 3.08. The fraction of sp³-hybridized carbons (Fsp3) is 0.364. The number of ether oxygens (including phenoxy) is 3. The summed E-state index contributed by atoms with van der Waals surface area (Å²) in [5, 5.41) is 0. The van der Waals surface area contributed by atoms with Gasteiger partial charge in [-0.3, -0.25) is 4.79 Å². The van der Waals surface area contributed by atoms with Crippen LogP contribution in [0.2, 0.25) is 0 Å². The average Bonchev–Trinajstić information content (AvgIpc) is 2.26. The van der Waals surface area contributed by atoms with Crippen LogP contribution >= 0.6 is 0 Å². The van der Waals surface area contributed by atoms with E-state index in [0.29, 0.717) is 17.1 Å². The Morgan fingerprint density at radius 3 is 2.53 bits per heavy atom. The maximum absolute atomic E-state index is 10.7. The summed E-state index contributed by atoms with van der Waals surface area (Å²) in [4.78, 5) is 10.7. The first kappa shape index (κ1) is 11.5. The first-order chi connectivity index (χ1) is 7.22. The number of carbonyl (C=O) groups excluding carboxylic acids is 1. The molecule has 0 radical (unpaired) electrons. The third kappa shape index (κ3) is 2.70. The lowest BCUT2D eigenvalue weighted by molar-refractivity contribution is 0.0491. The van der Waals surface area contributed by atoms with Crippen LogP contribution in [0.15, 0.2) is 12.1 Å². The molecule has 0 bridgehead atoms. The predicted octanol–water partition coefficient (Wildman–Crippen LogP) is 1.80. The SMILES string of the molecule is COCOc1cc(C=O)c(C)cc1OC. The Hall–Kier alpha value is -1.55. The molecule has 0 heterocycles. The Morgan fingerprint density at radius 2 is 2.00 bits per heavy atom. The van der Waals surface area contributed by atoms with E-state index in [1.54, 1.807) is 19.2 Å². The molecule has 0 saturated carbocycles. The van der Waals surface area contributed by atoms with Gasteiger partial charge in [-0.25, -0.2) is 0 Å². The van der Waals surface area contributed by atoms with Crippen LogP contribution in [0.25, 0.3) is 0 Å². The molecule has 4 heteroatoms. The largest absolute Gasteiger partial charge is 0.493 e. The number of rotatable bonds is 5. The number of hydrogen-bond acceptors (Lipinski definition) is 4. The molecule has 15 heavy (non-hydrogen) atoms. The Balaban J connectivity index is 3.04. The molecule has 0 aliphatic carbocycles. The van der Waals surface area contributed by atoms with Gasteiger partial charge in [0.05, 0.1) is 7.11 Å². The van der Waals surface area contributed by atoms with Crippen molar-refractivity contribution in [2.45, 2.75) is 6.92 Å². The smallest absolute Gasteiger partial charge is 0.188 e. The molecule has 4 nitrogen and oxygen atoms in total. The van der Waals surface area contributed by atoms with Crippen molar-refractivity contribution < 1.29 is 19.0 Å². The molecule has 0 aliphatic heterocycles. The van der Waals surface area contributed by atoms with Crippen molar-refractivity contribution in [3.05, 3.63) is 23.3 Å². The zero-order valence-electron chi connectivity index (χ0n) is 9.07. The minimum Gasteiger partial charge on any atom is -0.493 e. The average molecular weight is 210 g/mol. The Bertz CT molecular complexity index is 347. The quantitative estimate of drug-likeness (QED) is 0.549. The fourth-order valence-corrected chi connectivity index (χ4v) is 1.20. The number of benzene rings is 1. The van der Waals surface area contributed by atoms with E-state index in [2.05, 4.69) is 0 Å². The van der Waals surface area contributed by atoms with Crippen LogP contribution in [0, 0.1) is 6.92 Å². The van der Waals surface area contributed by atoms with Crippen LogP contribution < -0.4 is 9.47 Å². The van der Waals surface area contributed by atoms with Crippen LogP contribution in [0.5, 0.6) is 11.5 Å². The highest BCUT2D eigenvalue weighted by Crippen LogP contribution is 2.29. The van der Waals surface area contributed by atoms with Gasteiger partial charge in [-0.05, 0) is 24.6 Å². The summed E-state index contributed by atoms with van der Waals surface area (Å²) in [6.07, 6.45) is 0.786. The third-order valence-corrected chi connectivity index (χ3v) is 2.01. The van der Waals surface area contributed by atoms with Crippen molar-refractivity contribution in [1.29, 1.82) is 0 Å². The molecular formula is C11H14O4. The summed E-state index contributed by atoms with van der Waals surface area (Å²) in [6.45, 7) is 1.96. The Morgan fingerprint density at radius 1 is 1.27 bits per heavy atom.